The van der Waals surface area contributed by atoms with Crippen molar-refractivity contribution in [3.05, 3.63) is 28.8 Å². The Hall–Kier alpha value is -1.55. The molecule has 0 aromatic heterocycles. The molecule has 0 aliphatic carbocycles. The Kier molecular flexibility index (Phi) is 4.12. The molecular weight excluding hydrogens is 218 g/mol. The summed E-state index contributed by atoms with van der Waals surface area (Å²) in [7, 11) is 1.47. The summed E-state index contributed by atoms with van der Waals surface area (Å²) in [6, 6.07) is 4.87. The Bertz CT molecular complexity index is 379. The zero-order valence-corrected chi connectivity index (χ0v) is 8.88. The summed E-state index contributed by atoms with van der Waals surface area (Å²) in [6.45, 7) is -0.0353. The monoisotopic (exact) mass is 227 g/mol. The zero-order chi connectivity index (χ0) is 11.3. The van der Waals surface area contributed by atoms with Crippen molar-refractivity contribution in [2.24, 2.45) is 0 Å². The van der Waals surface area contributed by atoms with E-state index in [1.54, 1.807) is 18.2 Å². The molecule has 1 rings (SSSR count). The molecule has 0 saturated heterocycles. The predicted octanol–water partition coefficient (Wildman–Crippen LogP) is 1.28. The van der Waals surface area contributed by atoms with E-state index in [1.165, 1.54) is 7.11 Å². The first kappa shape index (κ1) is 11.5. The fourth-order valence-electron chi connectivity index (χ4n) is 1.07. The first-order valence-electron chi connectivity index (χ1n) is 4.25. The molecular formula is C10H10ClNO3. The Morgan fingerprint density at radius 1 is 1.60 bits per heavy atom. The SMILES string of the molecule is COc1cccc(C(=O)NCC=O)c1Cl. The Balaban J connectivity index is 2.93. The molecule has 0 bridgehead atoms. The number of methoxy groups -OCH3 is 1. The summed E-state index contributed by atoms with van der Waals surface area (Å²) < 4.78 is 4.96. The number of aldehydes is 1. The number of halogens is 1. The van der Waals surface area contributed by atoms with E-state index < -0.39 is 5.91 Å². The quantitative estimate of drug-likeness (QED) is 0.789. The van der Waals surface area contributed by atoms with Crippen LogP contribution in [0.4, 0.5) is 0 Å². The van der Waals surface area contributed by atoms with Crippen molar-refractivity contribution in [3.63, 3.8) is 0 Å². The van der Waals surface area contributed by atoms with Crippen molar-refractivity contribution in [2.45, 2.75) is 0 Å². The Labute approximate surface area is 92.2 Å². The van der Waals surface area contributed by atoms with Crippen molar-refractivity contribution >= 4 is 23.8 Å². The van der Waals surface area contributed by atoms with E-state index >= 15 is 0 Å². The molecule has 0 aliphatic heterocycles. The molecule has 1 N–H and O–H groups in total. The van der Waals surface area contributed by atoms with Crippen LogP contribution in [-0.4, -0.2) is 25.8 Å². The number of nitrogens with one attached hydrogen (secondary N) is 1. The molecule has 1 amide bonds. The van der Waals surface area contributed by atoms with Gasteiger partial charge in [-0.2, -0.15) is 0 Å². The summed E-state index contributed by atoms with van der Waals surface area (Å²) in [5.74, 6) is 0.0291. The van der Waals surface area contributed by atoms with Gasteiger partial charge >= 0.3 is 0 Å². The van der Waals surface area contributed by atoms with Gasteiger partial charge in [-0.25, -0.2) is 0 Å². The van der Waals surface area contributed by atoms with Crippen molar-refractivity contribution in [3.8, 4) is 5.75 Å². The average molecular weight is 228 g/mol. The third-order valence-corrected chi connectivity index (χ3v) is 2.16. The van der Waals surface area contributed by atoms with Gasteiger partial charge < -0.3 is 14.8 Å². The molecule has 0 radical (unpaired) electrons. The predicted molar refractivity (Wildman–Crippen MR) is 56.4 cm³/mol. The molecule has 80 valence electrons. The molecule has 4 nitrogen and oxygen atoms in total. The van der Waals surface area contributed by atoms with Gasteiger partial charge in [0.05, 0.1) is 24.2 Å². The van der Waals surface area contributed by atoms with Crippen LogP contribution >= 0.6 is 11.6 Å². The van der Waals surface area contributed by atoms with Crippen LogP contribution in [0.5, 0.6) is 5.75 Å². The average Bonchev–Trinajstić information content (AvgIpc) is 2.26. The fourth-order valence-corrected chi connectivity index (χ4v) is 1.36. The minimum Gasteiger partial charge on any atom is -0.495 e. The van der Waals surface area contributed by atoms with E-state index in [-0.39, 0.29) is 17.1 Å². The van der Waals surface area contributed by atoms with Crippen LogP contribution in [0.25, 0.3) is 0 Å². The lowest BCUT2D eigenvalue weighted by Crippen LogP contribution is -2.25. The lowest BCUT2D eigenvalue weighted by molar-refractivity contribution is -0.107. The van der Waals surface area contributed by atoms with E-state index in [0.717, 1.165) is 0 Å². The number of hydrogen-bond acceptors (Lipinski definition) is 3. The van der Waals surface area contributed by atoms with E-state index in [9.17, 15) is 9.59 Å². The minimum atomic E-state index is -0.397. The van der Waals surface area contributed by atoms with Gasteiger partial charge in [0, 0.05) is 0 Å². The van der Waals surface area contributed by atoms with Gasteiger partial charge in [0.25, 0.3) is 5.91 Å². The van der Waals surface area contributed by atoms with Gasteiger partial charge in [-0.15, -0.1) is 0 Å². The summed E-state index contributed by atoms with van der Waals surface area (Å²) in [4.78, 5) is 21.6. The number of rotatable bonds is 4. The van der Waals surface area contributed by atoms with Crippen LogP contribution in [0.15, 0.2) is 18.2 Å². The van der Waals surface area contributed by atoms with Gasteiger partial charge in [0.1, 0.15) is 12.0 Å². The standard InChI is InChI=1S/C10H10ClNO3/c1-15-8-4-2-3-7(9(8)11)10(14)12-5-6-13/h2-4,6H,5H2,1H3,(H,12,14). The second-order valence-electron chi connectivity index (χ2n) is 2.70. The molecule has 0 saturated carbocycles. The lowest BCUT2D eigenvalue weighted by atomic mass is 10.2. The fraction of sp³-hybridized carbons (Fsp3) is 0.200. The third-order valence-electron chi connectivity index (χ3n) is 1.77. The first-order chi connectivity index (χ1) is 7.20. The Morgan fingerprint density at radius 3 is 2.93 bits per heavy atom. The third kappa shape index (κ3) is 2.70. The van der Waals surface area contributed by atoms with Crippen molar-refractivity contribution in [2.75, 3.05) is 13.7 Å². The highest BCUT2D eigenvalue weighted by Gasteiger charge is 2.12. The highest BCUT2D eigenvalue weighted by Crippen LogP contribution is 2.27. The molecule has 15 heavy (non-hydrogen) atoms. The topological polar surface area (TPSA) is 55.4 Å². The highest BCUT2D eigenvalue weighted by molar-refractivity contribution is 6.35. The molecule has 5 heteroatoms. The molecule has 1 aromatic carbocycles. The van der Waals surface area contributed by atoms with Crippen LogP contribution in [0.1, 0.15) is 10.4 Å². The largest absolute Gasteiger partial charge is 0.495 e. The zero-order valence-electron chi connectivity index (χ0n) is 8.12. The van der Waals surface area contributed by atoms with Crippen LogP contribution in [-0.2, 0) is 4.79 Å². The maximum atomic E-state index is 11.5. The van der Waals surface area contributed by atoms with E-state index in [2.05, 4.69) is 5.32 Å². The van der Waals surface area contributed by atoms with Crippen molar-refractivity contribution in [1.29, 1.82) is 0 Å². The van der Waals surface area contributed by atoms with Gasteiger partial charge in [-0.3, -0.25) is 4.79 Å². The first-order valence-corrected chi connectivity index (χ1v) is 4.62. The van der Waals surface area contributed by atoms with Crippen LogP contribution < -0.4 is 10.1 Å². The second kappa shape index (κ2) is 5.36. The highest BCUT2D eigenvalue weighted by atomic mass is 35.5. The number of amides is 1. The number of carbonyl (C=O) groups excluding carboxylic acids is 2. The van der Waals surface area contributed by atoms with Crippen LogP contribution in [0.2, 0.25) is 5.02 Å². The van der Waals surface area contributed by atoms with Crippen LogP contribution in [0, 0.1) is 0 Å². The summed E-state index contributed by atoms with van der Waals surface area (Å²) in [5.41, 5.74) is 0.290. The number of benzene rings is 1. The molecule has 0 unspecified atom stereocenters. The van der Waals surface area contributed by atoms with Crippen molar-refractivity contribution in [1.82, 2.24) is 5.32 Å². The van der Waals surface area contributed by atoms with Gasteiger partial charge in [0.2, 0.25) is 0 Å². The van der Waals surface area contributed by atoms with Gasteiger partial charge in [-0.1, -0.05) is 17.7 Å². The molecule has 1 aromatic rings. The van der Waals surface area contributed by atoms with Crippen LogP contribution in [0.3, 0.4) is 0 Å². The number of hydrogen-bond donors (Lipinski definition) is 1. The molecule has 0 aliphatic rings. The Morgan fingerprint density at radius 2 is 2.33 bits per heavy atom. The number of carbonyl (C=O) groups is 2. The van der Waals surface area contributed by atoms with Crippen molar-refractivity contribution < 1.29 is 14.3 Å². The normalized spacial score (nSPS) is 9.47. The summed E-state index contributed by atoms with van der Waals surface area (Å²) in [6.07, 6.45) is 0.603. The molecule has 0 fully saturated rings. The van der Waals surface area contributed by atoms with E-state index in [4.69, 9.17) is 16.3 Å². The maximum Gasteiger partial charge on any atom is 0.253 e. The molecule has 0 spiro atoms. The lowest BCUT2D eigenvalue weighted by Gasteiger charge is -2.07. The van der Waals surface area contributed by atoms with Gasteiger partial charge in [-0.05, 0) is 12.1 Å². The van der Waals surface area contributed by atoms with Gasteiger partial charge in [0.15, 0.2) is 0 Å². The van der Waals surface area contributed by atoms with E-state index in [1.807, 2.05) is 0 Å². The van der Waals surface area contributed by atoms with E-state index in [0.29, 0.717) is 12.0 Å². The summed E-state index contributed by atoms with van der Waals surface area (Å²) >= 11 is 5.91. The summed E-state index contributed by atoms with van der Waals surface area (Å²) in [5, 5.41) is 2.63. The maximum absolute atomic E-state index is 11.5. The smallest absolute Gasteiger partial charge is 0.253 e. The second-order valence-corrected chi connectivity index (χ2v) is 3.08. The molecule has 0 heterocycles. The number of ether oxygens (including phenoxy) is 1. The minimum absolute atomic E-state index is 0.0353. The molecule has 0 atom stereocenters.